The van der Waals surface area contributed by atoms with Crippen molar-refractivity contribution in [2.24, 2.45) is 5.73 Å². The van der Waals surface area contributed by atoms with E-state index in [0.29, 0.717) is 5.02 Å². The summed E-state index contributed by atoms with van der Waals surface area (Å²) in [6, 6.07) is 9.96. The highest BCUT2D eigenvalue weighted by Crippen LogP contribution is 2.32. The van der Waals surface area contributed by atoms with Gasteiger partial charge in [0.1, 0.15) is 0 Å². The monoisotopic (exact) mass is 311 g/mol. The molecule has 0 aliphatic rings. The predicted octanol–water partition coefficient (Wildman–Crippen LogP) is 3.51. The molecule has 21 heavy (non-hydrogen) atoms. The van der Waals surface area contributed by atoms with Crippen LogP contribution in [0.15, 0.2) is 48.5 Å². The van der Waals surface area contributed by atoms with E-state index in [0.717, 1.165) is 11.1 Å². The van der Waals surface area contributed by atoms with Gasteiger partial charge in [-0.15, -0.1) is 0 Å². The minimum absolute atomic E-state index is 0.435. The maximum Gasteiger partial charge on any atom is 0.327 e. The number of aliphatic carboxylic acids is 1. The van der Waals surface area contributed by atoms with Crippen molar-refractivity contribution in [3.63, 3.8) is 0 Å². The number of carboxylic acids is 1. The summed E-state index contributed by atoms with van der Waals surface area (Å²) in [6.07, 6.45) is 0. The van der Waals surface area contributed by atoms with E-state index >= 15 is 0 Å². The number of hydrogen-bond acceptors (Lipinski definition) is 2. The largest absolute Gasteiger partial charge is 0.480 e. The van der Waals surface area contributed by atoms with Gasteiger partial charge in [0.05, 0.1) is 0 Å². The number of carbonyl (C=O) groups is 1. The second-order valence-electron chi connectivity index (χ2n) is 4.52. The standard InChI is InChI=1S/C15H12ClF2NO2/c16-12-7-3-10(4-8-12)9-1-5-11(6-2-9)15(17,18)13(19)14(20)21/h1-8,13H,19H2,(H,20,21). The van der Waals surface area contributed by atoms with E-state index in [1.165, 1.54) is 24.3 Å². The van der Waals surface area contributed by atoms with E-state index < -0.39 is 23.5 Å². The molecule has 0 radical (unpaired) electrons. The van der Waals surface area contributed by atoms with Crippen molar-refractivity contribution in [2.75, 3.05) is 0 Å². The average Bonchev–Trinajstić information content (AvgIpc) is 2.47. The zero-order valence-electron chi connectivity index (χ0n) is 10.8. The van der Waals surface area contributed by atoms with Crippen LogP contribution in [0.4, 0.5) is 8.78 Å². The number of nitrogens with two attached hydrogens (primary N) is 1. The minimum atomic E-state index is -3.63. The SMILES string of the molecule is NC(C(=O)O)C(F)(F)c1ccc(-c2ccc(Cl)cc2)cc1. The fraction of sp³-hybridized carbons (Fsp3) is 0.133. The lowest BCUT2D eigenvalue weighted by Crippen LogP contribution is -2.45. The number of benzene rings is 2. The summed E-state index contributed by atoms with van der Waals surface area (Å²) < 4.78 is 27.7. The summed E-state index contributed by atoms with van der Waals surface area (Å²) in [5.41, 5.74) is 6.13. The second kappa shape index (κ2) is 5.79. The van der Waals surface area contributed by atoms with E-state index in [1.54, 1.807) is 24.3 Å². The van der Waals surface area contributed by atoms with E-state index in [2.05, 4.69) is 0 Å². The first-order valence-corrected chi connectivity index (χ1v) is 6.43. The molecule has 3 N–H and O–H groups in total. The first-order valence-electron chi connectivity index (χ1n) is 6.05. The maximum atomic E-state index is 13.9. The van der Waals surface area contributed by atoms with Crippen LogP contribution in [-0.2, 0) is 10.7 Å². The summed E-state index contributed by atoms with van der Waals surface area (Å²) in [6.45, 7) is 0. The summed E-state index contributed by atoms with van der Waals surface area (Å²) >= 11 is 5.78. The fourth-order valence-corrected chi connectivity index (χ4v) is 1.99. The molecular formula is C15H12ClF2NO2. The van der Waals surface area contributed by atoms with Crippen molar-refractivity contribution in [1.82, 2.24) is 0 Å². The highest BCUT2D eigenvalue weighted by molar-refractivity contribution is 6.30. The van der Waals surface area contributed by atoms with Crippen molar-refractivity contribution in [1.29, 1.82) is 0 Å². The summed E-state index contributed by atoms with van der Waals surface area (Å²) in [5.74, 6) is -5.38. The zero-order chi connectivity index (χ0) is 15.6. The van der Waals surface area contributed by atoms with Crippen LogP contribution in [0.3, 0.4) is 0 Å². The van der Waals surface area contributed by atoms with Crippen LogP contribution in [0.1, 0.15) is 5.56 Å². The van der Waals surface area contributed by atoms with Gasteiger partial charge in [-0.3, -0.25) is 4.79 Å². The highest BCUT2D eigenvalue weighted by Gasteiger charge is 2.43. The molecule has 0 bridgehead atoms. The third-order valence-electron chi connectivity index (χ3n) is 3.10. The van der Waals surface area contributed by atoms with E-state index in [1.807, 2.05) is 0 Å². The Bertz CT molecular complexity index is 642. The number of rotatable bonds is 4. The van der Waals surface area contributed by atoms with Crippen LogP contribution in [0.5, 0.6) is 0 Å². The first kappa shape index (κ1) is 15.4. The van der Waals surface area contributed by atoms with Gasteiger partial charge in [-0.25, -0.2) is 0 Å². The Balaban J connectivity index is 2.30. The van der Waals surface area contributed by atoms with Crippen LogP contribution >= 0.6 is 11.6 Å². The Hall–Kier alpha value is -1.98. The molecule has 0 aliphatic carbocycles. The normalized spacial score (nSPS) is 13.0. The molecule has 0 amide bonds. The molecule has 110 valence electrons. The van der Waals surface area contributed by atoms with Crippen molar-refractivity contribution < 1.29 is 18.7 Å². The van der Waals surface area contributed by atoms with Gasteiger partial charge >= 0.3 is 5.97 Å². The van der Waals surface area contributed by atoms with Crippen molar-refractivity contribution >= 4 is 17.6 Å². The van der Waals surface area contributed by atoms with Crippen molar-refractivity contribution in [3.05, 3.63) is 59.1 Å². The van der Waals surface area contributed by atoms with Crippen LogP contribution < -0.4 is 5.73 Å². The molecule has 6 heteroatoms. The third-order valence-corrected chi connectivity index (χ3v) is 3.36. The van der Waals surface area contributed by atoms with Gasteiger partial charge in [-0.05, 0) is 23.3 Å². The Morgan fingerprint density at radius 1 is 1.05 bits per heavy atom. The van der Waals surface area contributed by atoms with Crippen LogP contribution in [-0.4, -0.2) is 17.1 Å². The van der Waals surface area contributed by atoms with Crippen molar-refractivity contribution in [3.8, 4) is 11.1 Å². The molecule has 0 saturated carbocycles. The molecule has 2 aromatic carbocycles. The van der Waals surface area contributed by atoms with Gasteiger partial charge in [0.15, 0.2) is 6.04 Å². The molecule has 0 heterocycles. The second-order valence-corrected chi connectivity index (χ2v) is 4.96. The molecule has 1 unspecified atom stereocenters. The first-order chi connectivity index (χ1) is 9.82. The fourth-order valence-electron chi connectivity index (χ4n) is 1.86. The Morgan fingerprint density at radius 2 is 1.48 bits per heavy atom. The number of hydrogen-bond donors (Lipinski definition) is 2. The summed E-state index contributed by atoms with van der Waals surface area (Å²) in [7, 11) is 0. The highest BCUT2D eigenvalue weighted by atomic mass is 35.5. The Morgan fingerprint density at radius 3 is 1.90 bits per heavy atom. The van der Waals surface area contributed by atoms with E-state index in [9.17, 15) is 13.6 Å². The smallest absolute Gasteiger partial charge is 0.327 e. The quantitative estimate of drug-likeness (QED) is 0.908. The van der Waals surface area contributed by atoms with Gasteiger partial charge < -0.3 is 10.8 Å². The predicted molar refractivity (Wildman–Crippen MR) is 76.4 cm³/mol. The van der Waals surface area contributed by atoms with Gasteiger partial charge in [0.2, 0.25) is 0 Å². The molecule has 2 rings (SSSR count). The van der Waals surface area contributed by atoms with Crippen LogP contribution in [0.25, 0.3) is 11.1 Å². The van der Waals surface area contributed by atoms with Crippen LogP contribution in [0, 0.1) is 0 Å². The van der Waals surface area contributed by atoms with Crippen LogP contribution in [0.2, 0.25) is 5.02 Å². The molecule has 0 aromatic heterocycles. The molecule has 0 spiro atoms. The summed E-state index contributed by atoms with van der Waals surface area (Å²) in [5, 5.41) is 9.20. The summed E-state index contributed by atoms with van der Waals surface area (Å²) in [4.78, 5) is 10.6. The lowest BCUT2D eigenvalue weighted by Gasteiger charge is -2.20. The van der Waals surface area contributed by atoms with Gasteiger partial charge in [0, 0.05) is 10.6 Å². The minimum Gasteiger partial charge on any atom is -0.480 e. The van der Waals surface area contributed by atoms with E-state index in [-0.39, 0.29) is 0 Å². The molecule has 0 saturated heterocycles. The zero-order valence-corrected chi connectivity index (χ0v) is 11.5. The number of carboxylic acid groups (broad SMARTS) is 1. The number of halogens is 3. The Kier molecular flexibility index (Phi) is 4.25. The molecular weight excluding hydrogens is 300 g/mol. The lowest BCUT2D eigenvalue weighted by molar-refractivity contribution is -0.149. The molecule has 0 aliphatic heterocycles. The third kappa shape index (κ3) is 3.20. The molecule has 3 nitrogen and oxygen atoms in total. The van der Waals surface area contributed by atoms with Gasteiger partial charge in [-0.2, -0.15) is 8.78 Å². The number of alkyl halides is 2. The topological polar surface area (TPSA) is 63.3 Å². The Labute approximate surface area is 125 Å². The van der Waals surface area contributed by atoms with Gasteiger partial charge in [0.25, 0.3) is 5.92 Å². The molecule has 1 atom stereocenters. The molecule has 0 fully saturated rings. The lowest BCUT2D eigenvalue weighted by atomic mass is 9.98. The van der Waals surface area contributed by atoms with Crippen molar-refractivity contribution in [2.45, 2.75) is 12.0 Å². The molecule has 2 aromatic rings. The van der Waals surface area contributed by atoms with E-state index in [4.69, 9.17) is 22.4 Å². The average molecular weight is 312 g/mol. The maximum absolute atomic E-state index is 13.9. The van der Waals surface area contributed by atoms with Gasteiger partial charge in [-0.1, -0.05) is 48.0 Å².